The van der Waals surface area contributed by atoms with Gasteiger partial charge in [0.25, 0.3) is 5.91 Å². The maximum Gasteiger partial charge on any atom is 0.274 e. The molecular formula is C9H13N5OS. The number of amides is 1. The van der Waals surface area contributed by atoms with E-state index in [0.29, 0.717) is 11.5 Å². The van der Waals surface area contributed by atoms with E-state index in [2.05, 4.69) is 15.6 Å². The lowest BCUT2D eigenvalue weighted by Gasteiger charge is -2.25. The molecule has 0 bridgehead atoms. The molecule has 0 saturated carbocycles. The lowest BCUT2D eigenvalue weighted by Crippen LogP contribution is -2.38. The Morgan fingerprint density at radius 3 is 2.69 bits per heavy atom. The van der Waals surface area contributed by atoms with Crippen molar-refractivity contribution in [2.75, 3.05) is 30.0 Å². The van der Waals surface area contributed by atoms with Gasteiger partial charge in [-0.05, 0) is 12.1 Å². The lowest BCUT2D eigenvalue weighted by molar-refractivity contribution is 0.0765. The number of carbonyl (C=O) groups is 1. The molecule has 0 aliphatic carbocycles. The van der Waals surface area contributed by atoms with Gasteiger partial charge in [-0.3, -0.25) is 4.79 Å². The van der Waals surface area contributed by atoms with Crippen molar-refractivity contribution in [3.8, 4) is 0 Å². The minimum atomic E-state index is -0.0589. The third-order valence-corrected chi connectivity index (χ3v) is 3.27. The number of nitrogen functional groups attached to an aromatic ring is 1. The maximum atomic E-state index is 12.0. The van der Waals surface area contributed by atoms with Gasteiger partial charge in [-0.2, -0.15) is 11.8 Å². The van der Waals surface area contributed by atoms with Gasteiger partial charge in [-0.15, -0.1) is 10.2 Å². The number of nitrogens with zero attached hydrogens (tertiary/aromatic N) is 3. The lowest BCUT2D eigenvalue weighted by atomic mass is 10.3. The van der Waals surface area contributed by atoms with Gasteiger partial charge in [-0.1, -0.05) is 0 Å². The van der Waals surface area contributed by atoms with Gasteiger partial charge in [0.1, 0.15) is 0 Å². The molecular weight excluding hydrogens is 226 g/mol. The molecule has 2 heterocycles. The number of rotatable bonds is 2. The summed E-state index contributed by atoms with van der Waals surface area (Å²) in [6, 6.07) is 3.27. The van der Waals surface area contributed by atoms with E-state index in [4.69, 9.17) is 5.84 Å². The van der Waals surface area contributed by atoms with Crippen LogP contribution in [-0.4, -0.2) is 45.6 Å². The number of thioether (sulfide) groups is 1. The number of anilines is 1. The first-order valence-electron chi connectivity index (χ1n) is 4.98. The second kappa shape index (κ2) is 5.13. The summed E-state index contributed by atoms with van der Waals surface area (Å²) in [7, 11) is 0. The van der Waals surface area contributed by atoms with E-state index in [0.717, 1.165) is 24.6 Å². The van der Waals surface area contributed by atoms with Crippen LogP contribution in [0.4, 0.5) is 5.82 Å². The SMILES string of the molecule is NNc1ccc(C(=O)N2CCSCC2)nn1. The second-order valence-corrected chi connectivity index (χ2v) is 4.58. The first-order chi connectivity index (χ1) is 7.81. The predicted molar refractivity (Wildman–Crippen MR) is 63.1 cm³/mol. The number of hydrogen-bond donors (Lipinski definition) is 2. The molecule has 1 aliphatic rings. The first-order valence-corrected chi connectivity index (χ1v) is 6.14. The number of carbonyl (C=O) groups excluding carboxylic acids is 1. The molecule has 0 unspecified atom stereocenters. The molecule has 7 heteroatoms. The van der Waals surface area contributed by atoms with Crippen molar-refractivity contribution in [2.45, 2.75) is 0 Å². The molecule has 0 radical (unpaired) electrons. The fourth-order valence-corrected chi connectivity index (χ4v) is 2.35. The van der Waals surface area contributed by atoms with Crippen molar-refractivity contribution in [3.05, 3.63) is 17.8 Å². The highest BCUT2D eigenvalue weighted by Crippen LogP contribution is 2.12. The fraction of sp³-hybridized carbons (Fsp3) is 0.444. The highest BCUT2D eigenvalue weighted by Gasteiger charge is 2.19. The second-order valence-electron chi connectivity index (χ2n) is 3.35. The molecule has 0 aromatic carbocycles. The Hall–Kier alpha value is -1.34. The van der Waals surface area contributed by atoms with Crippen LogP contribution in [-0.2, 0) is 0 Å². The Kier molecular flexibility index (Phi) is 3.58. The Labute approximate surface area is 97.6 Å². The zero-order valence-corrected chi connectivity index (χ0v) is 9.54. The van der Waals surface area contributed by atoms with Gasteiger partial charge in [0, 0.05) is 24.6 Å². The molecule has 1 fully saturated rings. The summed E-state index contributed by atoms with van der Waals surface area (Å²) in [5.74, 6) is 7.53. The monoisotopic (exact) mass is 239 g/mol. The minimum absolute atomic E-state index is 0.0589. The molecule has 0 spiro atoms. The third kappa shape index (κ3) is 2.42. The van der Waals surface area contributed by atoms with Crippen LogP contribution in [0.5, 0.6) is 0 Å². The zero-order chi connectivity index (χ0) is 11.4. The molecule has 16 heavy (non-hydrogen) atoms. The van der Waals surface area contributed by atoms with Crippen LogP contribution >= 0.6 is 11.8 Å². The molecule has 1 aromatic rings. The minimum Gasteiger partial charge on any atom is -0.336 e. The largest absolute Gasteiger partial charge is 0.336 e. The van der Waals surface area contributed by atoms with Crippen LogP contribution in [0.1, 0.15) is 10.5 Å². The summed E-state index contributed by atoms with van der Waals surface area (Å²) >= 11 is 1.86. The predicted octanol–water partition coefficient (Wildman–Crippen LogP) is -0.0488. The third-order valence-electron chi connectivity index (χ3n) is 2.33. The van der Waals surface area contributed by atoms with E-state index in [1.54, 1.807) is 17.0 Å². The van der Waals surface area contributed by atoms with E-state index >= 15 is 0 Å². The normalized spacial score (nSPS) is 15.9. The topological polar surface area (TPSA) is 84.1 Å². The number of hydrogen-bond acceptors (Lipinski definition) is 6. The average molecular weight is 239 g/mol. The Balaban J connectivity index is 2.07. The standard InChI is InChI=1S/C9H13N5OS/c10-11-8-2-1-7(12-13-8)9(15)14-3-5-16-6-4-14/h1-2H,3-6,10H2,(H,11,13). The molecule has 6 nitrogen and oxygen atoms in total. The van der Waals surface area contributed by atoms with Crippen LogP contribution in [0.25, 0.3) is 0 Å². The van der Waals surface area contributed by atoms with E-state index < -0.39 is 0 Å². The van der Waals surface area contributed by atoms with Gasteiger partial charge < -0.3 is 10.3 Å². The van der Waals surface area contributed by atoms with Crippen LogP contribution in [0.3, 0.4) is 0 Å². The molecule has 1 aromatic heterocycles. The molecule has 1 saturated heterocycles. The van der Waals surface area contributed by atoms with E-state index in [9.17, 15) is 4.79 Å². The fourth-order valence-electron chi connectivity index (χ4n) is 1.45. The summed E-state index contributed by atoms with van der Waals surface area (Å²) in [5.41, 5.74) is 2.74. The summed E-state index contributed by atoms with van der Waals surface area (Å²) in [4.78, 5) is 13.8. The molecule has 3 N–H and O–H groups in total. The molecule has 2 rings (SSSR count). The summed E-state index contributed by atoms with van der Waals surface area (Å²) in [6.07, 6.45) is 0. The number of hydrazine groups is 1. The van der Waals surface area contributed by atoms with Gasteiger partial charge in [-0.25, -0.2) is 5.84 Å². The number of nitrogens with two attached hydrogens (primary N) is 1. The van der Waals surface area contributed by atoms with Crippen molar-refractivity contribution in [2.24, 2.45) is 5.84 Å². The van der Waals surface area contributed by atoms with Crippen LogP contribution in [0.2, 0.25) is 0 Å². The Morgan fingerprint density at radius 2 is 2.12 bits per heavy atom. The van der Waals surface area contributed by atoms with Crippen molar-refractivity contribution in [1.82, 2.24) is 15.1 Å². The summed E-state index contributed by atoms with van der Waals surface area (Å²) in [6.45, 7) is 1.56. The van der Waals surface area contributed by atoms with Gasteiger partial charge in [0.05, 0.1) is 0 Å². The Morgan fingerprint density at radius 1 is 1.38 bits per heavy atom. The highest BCUT2D eigenvalue weighted by molar-refractivity contribution is 7.99. The number of aromatic nitrogens is 2. The van der Waals surface area contributed by atoms with E-state index in [1.807, 2.05) is 11.8 Å². The van der Waals surface area contributed by atoms with Gasteiger partial charge in [0.15, 0.2) is 11.5 Å². The van der Waals surface area contributed by atoms with Gasteiger partial charge >= 0.3 is 0 Å². The smallest absolute Gasteiger partial charge is 0.274 e. The van der Waals surface area contributed by atoms with Crippen molar-refractivity contribution >= 4 is 23.5 Å². The summed E-state index contributed by atoms with van der Waals surface area (Å²) in [5, 5.41) is 7.61. The van der Waals surface area contributed by atoms with Crippen molar-refractivity contribution in [1.29, 1.82) is 0 Å². The van der Waals surface area contributed by atoms with Crippen LogP contribution in [0.15, 0.2) is 12.1 Å². The number of nitrogens with one attached hydrogen (secondary N) is 1. The molecule has 1 amide bonds. The van der Waals surface area contributed by atoms with E-state index in [1.165, 1.54) is 0 Å². The zero-order valence-electron chi connectivity index (χ0n) is 8.72. The maximum absolute atomic E-state index is 12.0. The average Bonchev–Trinajstić information content (AvgIpc) is 2.39. The van der Waals surface area contributed by atoms with Crippen molar-refractivity contribution in [3.63, 3.8) is 0 Å². The van der Waals surface area contributed by atoms with Crippen LogP contribution < -0.4 is 11.3 Å². The van der Waals surface area contributed by atoms with E-state index in [-0.39, 0.29) is 5.91 Å². The first kappa shape index (κ1) is 11.2. The summed E-state index contributed by atoms with van der Waals surface area (Å²) < 4.78 is 0. The molecule has 0 atom stereocenters. The molecule has 1 aliphatic heterocycles. The molecule has 86 valence electrons. The Bertz CT molecular complexity index is 363. The van der Waals surface area contributed by atoms with Crippen molar-refractivity contribution < 1.29 is 4.79 Å². The van der Waals surface area contributed by atoms with Gasteiger partial charge in [0.2, 0.25) is 0 Å². The van der Waals surface area contributed by atoms with Crippen LogP contribution in [0, 0.1) is 0 Å². The highest BCUT2D eigenvalue weighted by atomic mass is 32.2. The quantitative estimate of drug-likeness (QED) is 0.556.